The number of carbonyl (C=O) groups excluding carboxylic acids is 6. The van der Waals surface area contributed by atoms with Gasteiger partial charge in [0.05, 0.1) is 44.6 Å². The number of methoxy groups -OCH3 is 2. The molecule has 4 fully saturated rings. The fourth-order valence-electron chi connectivity index (χ4n) is 10.4. The summed E-state index contributed by atoms with van der Waals surface area (Å²) in [7, 11) is 2.81. The molecule has 78 heavy (non-hydrogen) atoms. The molecule has 22 nitrogen and oxygen atoms in total. The first-order valence-corrected chi connectivity index (χ1v) is 27.8. The van der Waals surface area contributed by atoms with Crippen LogP contribution in [0.2, 0.25) is 0 Å². The van der Waals surface area contributed by atoms with E-state index in [9.17, 15) is 28.8 Å². The van der Waals surface area contributed by atoms with Crippen molar-refractivity contribution in [1.29, 1.82) is 0 Å². The van der Waals surface area contributed by atoms with Gasteiger partial charge in [-0.05, 0) is 110 Å². The number of ether oxygens (including phenoxy) is 12. The second-order valence-electron chi connectivity index (χ2n) is 20.7. The highest BCUT2D eigenvalue weighted by molar-refractivity contribution is 5.99. The number of carbonyl (C=O) groups is 6. The van der Waals surface area contributed by atoms with Crippen LogP contribution in [0.3, 0.4) is 0 Å². The van der Waals surface area contributed by atoms with Gasteiger partial charge in [-0.15, -0.1) is 0 Å². The molecule has 6 rings (SSSR count). The summed E-state index contributed by atoms with van der Waals surface area (Å²) >= 11 is 0. The smallest absolute Gasteiger partial charge is 0.329 e. The molecule has 4 heterocycles. The van der Waals surface area contributed by atoms with Gasteiger partial charge in [-0.3, -0.25) is 19.2 Å². The van der Waals surface area contributed by atoms with Crippen LogP contribution in [0, 0.1) is 11.8 Å². The number of pyridine rings is 2. The van der Waals surface area contributed by atoms with Crippen molar-refractivity contribution in [3.63, 3.8) is 0 Å². The van der Waals surface area contributed by atoms with E-state index in [-0.39, 0.29) is 77.6 Å². The zero-order valence-electron chi connectivity index (χ0n) is 46.6. The second kappa shape index (κ2) is 31.1. The standard InChI is InChI=1S/C56H82N4O18/c1-9-28-69-44-20-12-18-40(59-52(62)46-50(72-31-71-36(6)61)42(67-7)24-26-57-46)56(66)76-35(5)49(44)78-39-23-22-37(30-39)15-14-29-70-45-21-13-19-41(55(65)75-34(4)48(45)77-38-16-10-11-17-38)60-53(63)47-51(43(68-8)25-27-58-47)73-32-74-54(64)33(2)3/h24-27,33-35,37-41,44-45,48-49H,9-23,28-32H2,1-8H3,(H,59,62)(H,60,63). The van der Waals surface area contributed by atoms with Crippen LogP contribution >= 0.6 is 0 Å². The van der Waals surface area contributed by atoms with Crippen molar-refractivity contribution >= 4 is 35.7 Å². The number of aromatic nitrogens is 2. The summed E-state index contributed by atoms with van der Waals surface area (Å²) in [6.07, 6.45) is 11.2. The molecule has 2 N–H and O–H groups in total. The van der Waals surface area contributed by atoms with Gasteiger partial charge < -0.3 is 67.5 Å². The summed E-state index contributed by atoms with van der Waals surface area (Å²) in [6, 6.07) is 0.988. The predicted molar refractivity (Wildman–Crippen MR) is 279 cm³/mol. The molecule has 0 spiro atoms. The normalized spacial score (nSPS) is 26.1. The molecule has 2 aromatic rings. The Balaban J connectivity index is 1.03. The number of amides is 2. The van der Waals surface area contributed by atoms with Crippen LogP contribution in [0.25, 0.3) is 0 Å². The molecule has 2 aromatic heterocycles. The molecule has 434 valence electrons. The van der Waals surface area contributed by atoms with E-state index in [0.717, 1.165) is 64.2 Å². The van der Waals surface area contributed by atoms with Crippen molar-refractivity contribution in [1.82, 2.24) is 20.6 Å². The fourth-order valence-corrected chi connectivity index (χ4v) is 10.4. The summed E-state index contributed by atoms with van der Waals surface area (Å²) in [5.41, 5.74) is -0.301. The van der Waals surface area contributed by atoms with Crippen LogP contribution in [0.15, 0.2) is 24.5 Å². The van der Waals surface area contributed by atoms with E-state index in [4.69, 9.17) is 56.8 Å². The van der Waals surface area contributed by atoms with E-state index in [1.54, 1.807) is 20.8 Å². The lowest BCUT2D eigenvalue weighted by atomic mass is 10.00. The van der Waals surface area contributed by atoms with Gasteiger partial charge in [-0.25, -0.2) is 19.6 Å². The van der Waals surface area contributed by atoms with Gasteiger partial charge in [0.15, 0.2) is 34.4 Å². The van der Waals surface area contributed by atoms with Crippen molar-refractivity contribution in [2.75, 3.05) is 41.0 Å². The molecule has 2 aliphatic heterocycles. The largest absolute Gasteiger partial charge is 0.493 e. The Morgan fingerprint density at radius 1 is 0.667 bits per heavy atom. The maximum absolute atomic E-state index is 13.8. The Morgan fingerprint density at radius 2 is 1.18 bits per heavy atom. The van der Waals surface area contributed by atoms with Crippen molar-refractivity contribution in [2.24, 2.45) is 11.8 Å². The molecule has 10 atom stereocenters. The number of esters is 4. The predicted octanol–water partition coefficient (Wildman–Crippen LogP) is 6.90. The van der Waals surface area contributed by atoms with Crippen molar-refractivity contribution < 1.29 is 85.6 Å². The molecule has 0 aromatic carbocycles. The molecule has 10 unspecified atom stereocenters. The van der Waals surface area contributed by atoms with E-state index in [1.807, 2.05) is 13.8 Å². The molecule has 22 heteroatoms. The third kappa shape index (κ3) is 17.8. The maximum Gasteiger partial charge on any atom is 0.329 e. The number of nitrogens with zero attached hydrogens (tertiary/aromatic N) is 2. The van der Waals surface area contributed by atoms with Crippen LogP contribution in [-0.4, -0.2) is 148 Å². The van der Waals surface area contributed by atoms with Crippen molar-refractivity contribution in [2.45, 2.75) is 205 Å². The van der Waals surface area contributed by atoms with Gasteiger partial charge in [-0.2, -0.15) is 0 Å². The van der Waals surface area contributed by atoms with E-state index in [1.165, 1.54) is 45.7 Å². The minimum atomic E-state index is -1.01. The second-order valence-corrected chi connectivity index (χ2v) is 20.7. The molecule has 2 saturated heterocycles. The highest BCUT2D eigenvalue weighted by Crippen LogP contribution is 2.36. The molecular formula is C56H82N4O18. The fraction of sp³-hybridized carbons (Fsp3) is 0.714. The summed E-state index contributed by atoms with van der Waals surface area (Å²) in [4.78, 5) is 87.0. The Kier molecular flexibility index (Phi) is 24.5. The summed E-state index contributed by atoms with van der Waals surface area (Å²) in [6.45, 7) is 10.3. The van der Waals surface area contributed by atoms with Gasteiger partial charge in [0.25, 0.3) is 11.8 Å². The lowest BCUT2D eigenvalue weighted by Crippen LogP contribution is -2.46. The van der Waals surface area contributed by atoms with Gasteiger partial charge >= 0.3 is 23.9 Å². The first-order valence-electron chi connectivity index (χ1n) is 27.8. The molecule has 2 aliphatic carbocycles. The molecular weight excluding hydrogens is 1020 g/mol. The van der Waals surface area contributed by atoms with Gasteiger partial charge in [0.2, 0.25) is 13.6 Å². The Hall–Kier alpha value is -5.84. The van der Waals surface area contributed by atoms with E-state index < -0.39 is 85.8 Å². The summed E-state index contributed by atoms with van der Waals surface area (Å²) < 4.78 is 70.9. The summed E-state index contributed by atoms with van der Waals surface area (Å²) in [5.74, 6) is -3.38. The highest BCUT2D eigenvalue weighted by Gasteiger charge is 2.41. The van der Waals surface area contributed by atoms with Crippen molar-refractivity contribution in [3.05, 3.63) is 35.9 Å². The SMILES string of the molecule is CCCOC1CCCC(NC(=O)c2nccc(OC)c2OCOC(C)=O)C(=O)OC(C)C1OC1CCC(CCCOC2CCCC(NC(=O)c3nccc(OC)c3OCOC(=O)C(C)C)C(=O)OC(C)C2OC2CCCC2)C1. The highest BCUT2D eigenvalue weighted by atomic mass is 16.7. The minimum Gasteiger partial charge on any atom is -0.493 e. The zero-order chi connectivity index (χ0) is 56.1. The molecule has 0 radical (unpaired) electrons. The Labute approximate surface area is 457 Å². The quantitative estimate of drug-likeness (QED) is 0.0443. The lowest BCUT2D eigenvalue weighted by Gasteiger charge is -2.33. The van der Waals surface area contributed by atoms with Crippen LogP contribution in [0.4, 0.5) is 0 Å². The van der Waals surface area contributed by atoms with Crippen LogP contribution < -0.4 is 29.6 Å². The van der Waals surface area contributed by atoms with Gasteiger partial charge in [0.1, 0.15) is 36.5 Å². The average molecular weight is 1100 g/mol. The lowest BCUT2D eigenvalue weighted by molar-refractivity contribution is -0.175. The van der Waals surface area contributed by atoms with Gasteiger partial charge in [0, 0.05) is 44.7 Å². The molecule has 2 saturated carbocycles. The minimum absolute atomic E-state index is 0.0205. The monoisotopic (exact) mass is 1100 g/mol. The maximum atomic E-state index is 13.8. The van der Waals surface area contributed by atoms with E-state index >= 15 is 0 Å². The third-order valence-corrected chi connectivity index (χ3v) is 14.5. The molecule has 4 aliphatic rings. The number of hydrogen-bond acceptors (Lipinski definition) is 20. The number of nitrogens with one attached hydrogen (secondary N) is 2. The Bertz CT molecular complexity index is 2280. The summed E-state index contributed by atoms with van der Waals surface area (Å²) in [5, 5.41) is 5.58. The van der Waals surface area contributed by atoms with Crippen LogP contribution in [0.5, 0.6) is 23.0 Å². The molecule has 2 amide bonds. The van der Waals surface area contributed by atoms with E-state index in [2.05, 4.69) is 20.6 Å². The average Bonchev–Trinajstić information content (AvgIpc) is 4.15. The van der Waals surface area contributed by atoms with Crippen LogP contribution in [0.1, 0.15) is 165 Å². The number of rotatable bonds is 25. The number of cyclic esters (lactones) is 2. The zero-order valence-corrected chi connectivity index (χ0v) is 46.6. The topological polar surface area (TPSA) is 263 Å². The number of hydrogen-bond donors (Lipinski definition) is 2. The Morgan fingerprint density at radius 3 is 1.68 bits per heavy atom. The first kappa shape index (κ1) is 61.4. The van der Waals surface area contributed by atoms with E-state index in [0.29, 0.717) is 44.8 Å². The van der Waals surface area contributed by atoms with Crippen LogP contribution in [-0.2, 0) is 57.1 Å². The molecule has 0 bridgehead atoms. The van der Waals surface area contributed by atoms with Crippen molar-refractivity contribution in [3.8, 4) is 23.0 Å². The first-order chi connectivity index (χ1) is 37.6. The van der Waals surface area contributed by atoms with Gasteiger partial charge in [-0.1, -0.05) is 33.6 Å². The third-order valence-electron chi connectivity index (χ3n) is 14.5.